The molecule has 3 nitrogen and oxygen atoms in total. The number of benzene rings is 2. The number of anilines is 2. The Morgan fingerprint density at radius 1 is 1.30 bits per heavy atom. The molecule has 2 aromatic carbocycles. The van der Waals surface area contributed by atoms with Gasteiger partial charge in [0, 0.05) is 12.2 Å². The van der Waals surface area contributed by atoms with Crippen molar-refractivity contribution in [3.8, 4) is 0 Å². The van der Waals surface area contributed by atoms with E-state index in [-0.39, 0.29) is 11.4 Å². The van der Waals surface area contributed by atoms with Crippen LogP contribution in [0.3, 0.4) is 0 Å². The van der Waals surface area contributed by atoms with Gasteiger partial charge in [0.25, 0.3) is 0 Å². The molecule has 0 radical (unpaired) electrons. The first-order valence-electron chi connectivity index (χ1n) is 6.09. The van der Waals surface area contributed by atoms with Crippen LogP contribution in [-0.2, 0) is 0 Å². The van der Waals surface area contributed by atoms with E-state index in [0.29, 0.717) is 22.9 Å². The van der Waals surface area contributed by atoms with E-state index in [4.69, 9.17) is 11.6 Å². The van der Waals surface area contributed by atoms with Crippen LogP contribution >= 0.6 is 11.6 Å². The Labute approximate surface area is 121 Å². The second-order valence-corrected chi connectivity index (χ2v) is 4.57. The zero-order chi connectivity index (χ0) is 14.7. The monoisotopic (exact) mass is 293 g/mol. The molecular weight excluding hydrogens is 281 g/mol. The highest BCUT2D eigenvalue weighted by Crippen LogP contribution is 2.35. The molecule has 0 aliphatic carbocycles. The van der Waals surface area contributed by atoms with Crippen LogP contribution in [0.15, 0.2) is 42.5 Å². The number of carbonyl (C=O) groups is 1. The lowest BCUT2D eigenvalue weighted by molar-refractivity contribution is 0.0697. The van der Waals surface area contributed by atoms with Crippen molar-refractivity contribution in [2.75, 3.05) is 11.4 Å². The number of carboxylic acid groups (broad SMARTS) is 1. The van der Waals surface area contributed by atoms with Gasteiger partial charge >= 0.3 is 5.97 Å². The summed E-state index contributed by atoms with van der Waals surface area (Å²) in [7, 11) is 0. The molecule has 2 aromatic rings. The highest BCUT2D eigenvalue weighted by Gasteiger charge is 2.19. The van der Waals surface area contributed by atoms with Gasteiger partial charge in [-0.3, -0.25) is 0 Å². The van der Waals surface area contributed by atoms with Crippen molar-refractivity contribution in [3.05, 3.63) is 58.9 Å². The number of hydrogen-bond donors (Lipinski definition) is 1. The number of para-hydroxylation sites is 1. The third-order valence-corrected chi connectivity index (χ3v) is 3.23. The predicted molar refractivity (Wildman–Crippen MR) is 77.5 cm³/mol. The fraction of sp³-hybridized carbons (Fsp3) is 0.133. The Morgan fingerprint density at radius 2 is 2.00 bits per heavy atom. The molecule has 0 heterocycles. The molecule has 0 aromatic heterocycles. The van der Waals surface area contributed by atoms with Crippen LogP contribution in [-0.4, -0.2) is 17.6 Å². The molecule has 0 spiro atoms. The molecule has 20 heavy (non-hydrogen) atoms. The van der Waals surface area contributed by atoms with Crippen LogP contribution in [0.4, 0.5) is 15.8 Å². The minimum atomic E-state index is -1.07. The Hall–Kier alpha value is -2.07. The highest BCUT2D eigenvalue weighted by atomic mass is 35.5. The van der Waals surface area contributed by atoms with Crippen molar-refractivity contribution in [3.63, 3.8) is 0 Å². The summed E-state index contributed by atoms with van der Waals surface area (Å²) in [4.78, 5) is 13.0. The zero-order valence-electron chi connectivity index (χ0n) is 10.8. The molecule has 1 N–H and O–H groups in total. The van der Waals surface area contributed by atoms with Crippen molar-refractivity contribution in [1.82, 2.24) is 0 Å². The van der Waals surface area contributed by atoms with Crippen LogP contribution in [0, 0.1) is 5.82 Å². The van der Waals surface area contributed by atoms with Crippen molar-refractivity contribution in [2.45, 2.75) is 6.92 Å². The zero-order valence-corrected chi connectivity index (χ0v) is 11.6. The van der Waals surface area contributed by atoms with Gasteiger partial charge in [-0.2, -0.15) is 0 Å². The smallest absolute Gasteiger partial charge is 0.337 e. The van der Waals surface area contributed by atoms with Crippen molar-refractivity contribution >= 4 is 28.9 Å². The summed E-state index contributed by atoms with van der Waals surface area (Å²) in [6.45, 7) is 2.31. The average Bonchev–Trinajstić information content (AvgIpc) is 2.41. The van der Waals surface area contributed by atoms with E-state index in [0.717, 1.165) is 0 Å². The van der Waals surface area contributed by atoms with Gasteiger partial charge in [0.2, 0.25) is 0 Å². The Kier molecular flexibility index (Phi) is 4.25. The van der Waals surface area contributed by atoms with E-state index in [1.807, 2.05) is 6.92 Å². The molecule has 0 aliphatic heterocycles. The molecule has 2 rings (SSSR count). The van der Waals surface area contributed by atoms with E-state index in [1.165, 1.54) is 18.2 Å². The normalized spacial score (nSPS) is 10.3. The molecule has 0 bridgehead atoms. The van der Waals surface area contributed by atoms with Crippen LogP contribution in [0.5, 0.6) is 0 Å². The molecule has 0 fully saturated rings. The SMILES string of the molecule is CCN(c1cccc(F)c1)c1c(Cl)cccc1C(=O)O. The summed E-state index contributed by atoms with van der Waals surface area (Å²) in [5, 5.41) is 9.59. The lowest BCUT2D eigenvalue weighted by Crippen LogP contribution is -2.19. The first-order chi connectivity index (χ1) is 9.54. The minimum Gasteiger partial charge on any atom is -0.478 e. The summed E-state index contributed by atoms with van der Waals surface area (Å²) < 4.78 is 13.4. The largest absolute Gasteiger partial charge is 0.478 e. The quantitative estimate of drug-likeness (QED) is 0.912. The van der Waals surface area contributed by atoms with Crippen LogP contribution in [0.25, 0.3) is 0 Å². The van der Waals surface area contributed by atoms with E-state index in [9.17, 15) is 14.3 Å². The van der Waals surface area contributed by atoms with Gasteiger partial charge in [-0.05, 0) is 37.3 Å². The maximum atomic E-state index is 13.4. The molecule has 0 atom stereocenters. The molecule has 0 amide bonds. The lowest BCUT2D eigenvalue weighted by atomic mass is 10.1. The standard InChI is InChI=1S/C15H13ClFNO2/c1-2-18(11-6-3-5-10(17)9-11)14-12(15(19)20)7-4-8-13(14)16/h3-9H,2H2,1H3,(H,19,20). The third-order valence-electron chi connectivity index (χ3n) is 2.92. The number of carboxylic acids is 1. The van der Waals surface area contributed by atoms with Gasteiger partial charge in [-0.1, -0.05) is 23.7 Å². The second-order valence-electron chi connectivity index (χ2n) is 4.17. The van der Waals surface area contributed by atoms with Gasteiger partial charge in [0.05, 0.1) is 16.3 Å². The first kappa shape index (κ1) is 14.3. The van der Waals surface area contributed by atoms with E-state index in [1.54, 1.807) is 29.2 Å². The molecule has 0 saturated heterocycles. The third kappa shape index (κ3) is 2.75. The number of hydrogen-bond acceptors (Lipinski definition) is 2. The van der Waals surface area contributed by atoms with Gasteiger partial charge < -0.3 is 10.0 Å². The van der Waals surface area contributed by atoms with Crippen molar-refractivity contribution in [1.29, 1.82) is 0 Å². The summed E-state index contributed by atoms with van der Waals surface area (Å²) in [5.41, 5.74) is 1.02. The Bertz CT molecular complexity index is 646. The second kappa shape index (κ2) is 5.92. The van der Waals surface area contributed by atoms with Crippen LogP contribution in [0.1, 0.15) is 17.3 Å². The topological polar surface area (TPSA) is 40.5 Å². The number of aromatic carboxylic acids is 1. The number of rotatable bonds is 4. The molecule has 0 aliphatic rings. The Morgan fingerprint density at radius 3 is 2.60 bits per heavy atom. The lowest BCUT2D eigenvalue weighted by Gasteiger charge is -2.26. The first-order valence-corrected chi connectivity index (χ1v) is 6.47. The van der Waals surface area contributed by atoms with Crippen molar-refractivity contribution < 1.29 is 14.3 Å². The van der Waals surface area contributed by atoms with Gasteiger partial charge in [0.1, 0.15) is 5.82 Å². The van der Waals surface area contributed by atoms with Gasteiger partial charge in [0.15, 0.2) is 0 Å². The molecule has 104 valence electrons. The van der Waals surface area contributed by atoms with Gasteiger partial charge in [-0.25, -0.2) is 9.18 Å². The fourth-order valence-corrected chi connectivity index (χ4v) is 2.35. The molecular formula is C15H13ClFNO2. The number of halogens is 2. The summed E-state index contributed by atoms with van der Waals surface area (Å²) >= 11 is 6.14. The average molecular weight is 294 g/mol. The molecule has 0 saturated carbocycles. The van der Waals surface area contributed by atoms with E-state index >= 15 is 0 Å². The fourth-order valence-electron chi connectivity index (χ4n) is 2.08. The number of nitrogens with zero attached hydrogens (tertiary/aromatic N) is 1. The Balaban J connectivity index is 2.60. The van der Waals surface area contributed by atoms with Crippen LogP contribution in [0.2, 0.25) is 5.02 Å². The van der Waals surface area contributed by atoms with Crippen molar-refractivity contribution in [2.24, 2.45) is 0 Å². The van der Waals surface area contributed by atoms with E-state index in [2.05, 4.69) is 0 Å². The van der Waals surface area contributed by atoms with Crippen LogP contribution < -0.4 is 4.90 Å². The minimum absolute atomic E-state index is 0.0867. The summed E-state index contributed by atoms with van der Waals surface area (Å²) in [5.74, 6) is -1.46. The highest BCUT2D eigenvalue weighted by molar-refractivity contribution is 6.34. The summed E-state index contributed by atoms with van der Waals surface area (Å²) in [6.07, 6.45) is 0. The maximum Gasteiger partial charge on any atom is 0.337 e. The van der Waals surface area contributed by atoms with E-state index < -0.39 is 5.97 Å². The molecule has 0 unspecified atom stereocenters. The molecule has 5 heteroatoms. The maximum absolute atomic E-state index is 13.4. The predicted octanol–water partition coefficient (Wildman–Crippen LogP) is 4.34. The van der Waals surface area contributed by atoms with Gasteiger partial charge in [-0.15, -0.1) is 0 Å². The summed E-state index contributed by atoms with van der Waals surface area (Å²) in [6, 6.07) is 10.6.